The van der Waals surface area contributed by atoms with Crippen LogP contribution in [-0.4, -0.2) is 47.9 Å². The Labute approximate surface area is 133 Å². The molecule has 116 valence electrons. The van der Waals surface area contributed by atoms with Crippen LogP contribution < -0.4 is 5.32 Å². The van der Waals surface area contributed by atoms with Crippen molar-refractivity contribution in [3.05, 3.63) is 32.8 Å². The van der Waals surface area contributed by atoms with Gasteiger partial charge in [0.25, 0.3) is 11.6 Å². The lowest BCUT2D eigenvalue weighted by atomic mass is 10.1. The van der Waals surface area contributed by atoms with Crippen molar-refractivity contribution in [2.45, 2.75) is 13.0 Å². The standard InChI is InChI=1S/C13H18ClN3O3S/c1-8(7-21-4)16(3)13(18)9-5-10(14)12(15-2)11(6-9)17(19)20/h5-6,8,15H,7H2,1-4H3. The number of nitro groups is 1. The zero-order chi connectivity index (χ0) is 16.2. The van der Waals surface area contributed by atoms with Crippen molar-refractivity contribution >= 4 is 40.6 Å². The number of anilines is 1. The molecule has 1 N–H and O–H groups in total. The number of halogens is 1. The van der Waals surface area contributed by atoms with E-state index in [1.807, 2.05) is 13.2 Å². The third-order valence-corrected chi connectivity index (χ3v) is 4.27. The fraction of sp³-hybridized carbons (Fsp3) is 0.462. The van der Waals surface area contributed by atoms with E-state index in [9.17, 15) is 14.9 Å². The van der Waals surface area contributed by atoms with Crippen LogP contribution in [-0.2, 0) is 0 Å². The number of benzene rings is 1. The van der Waals surface area contributed by atoms with E-state index in [4.69, 9.17) is 11.6 Å². The highest BCUT2D eigenvalue weighted by Gasteiger charge is 2.23. The number of nitrogens with one attached hydrogen (secondary N) is 1. The minimum absolute atomic E-state index is 0.0225. The van der Waals surface area contributed by atoms with Gasteiger partial charge >= 0.3 is 0 Å². The molecule has 1 aromatic rings. The molecule has 1 aromatic carbocycles. The van der Waals surface area contributed by atoms with Crippen LogP contribution in [0.25, 0.3) is 0 Å². The highest BCUT2D eigenvalue weighted by Crippen LogP contribution is 2.33. The number of amides is 1. The highest BCUT2D eigenvalue weighted by atomic mass is 35.5. The molecule has 0 radical (unpaired) electrons. The van der Waals surface area contributed by atoms with E-state index in [0.717, 1.165) is 5.75 Å². The Morgan fingerprint density at radius 2 is 2.19 bits per heavy atom. The van der Waals surface area contributed by atoms with Crippen LogP contribution in [0.5, 0.6) is 0 Å². The molecule has 0 fully saturated rings. The van der Waals surface area contributed by atoms with Gasteiger partial charge in [0.15, 0.2) is 0 Å². The predicted octanol–water partition coefficient (Wildman–Crippen LogP) is 3.11. The van der Waals surface area contributed by atoms with Gasteiger partial charge in [-0.25, -0.2) is 0 Å². The van der Waals surface area contributed by atoms with Crippen LogP contribution in [0.4, 0.5) is 11.4 Å². The topological polar surface area (TPSA) is 75.5 Å². The number of nitrogens with zero attached hydrogens (tertiary/aromatic N) is 2. The van der Waals surface area contributed by atoms with Gasteiger partial charge in [0.1, 0.15) is 5.69 Å². The second-order valence-electron chi connectivity index (χ2n) is 4.58. The van der Waals surface area contributed by atoms with Crippen LogP contribution >= 0.6 is 23.4 Å². The largest absolute Gasteiger partial charge is 0.381 e. The lowest BCUT2D eigenvalue weighted by Crippen LogP contribution is -2.36. The molecule has 0 aliphatic rings. The van der Waals surface area contributed by atoms with E-state index in [1.165, 1.54) is 12.1 Å². The summed E-state index contributed by atoms with van der Waals surface area (Å²) < 4.78 is 0. The van der Waals surface area contributed by atoms with E-state index >= 15 is 0 Å². The molecule has 0 saturated heterocycles. The van der Waals surface area contributed by atoms with E-state index in [2.05, 4.69) is 5.32 Å². The van der Waals surface area contributed by atoms with Gasteiger partial charge in [-0.1, -0.05) is 11.6 Å². The van der Waals surface area contributed by atoms with Crippen LogP contribution in [0, 0.1) is 10.1 Å². The Kier molecular flexibility index (Phi) is 6.29. The maximum Gasteiger partial charge on any atom is 0.294 e. The van der Waals surface area contributed by atoms with E-state index in [-0.39, 0.29) is 33.9 Å². The molecular weight excluding hydrogens is 314 g/mol. The Morgan fingerprint density at radius 3 is 2.67 bits per heavy atom. The van der Waals surface area contributed by atoms with Crippen molar-refractivity contribution in [3.8, 4) is 0 Å². The van der Waals surface area contributed by atoms with Crippen molar-refractivity contribution in [2.24, 2.45) is 0 Å². The van der Waals surface area contributed by atoms with Gasteiger partial charge in [-0.05, 0) is 19.2 Å². The Bertz CT molecular complexity index is 554. The van der Waals surface area contributed by atoms with Crippen molar-refractivity contribution in [3.63, 3.8) is 0 Å². The quantitative estimate of drug-likeness (QED) is 0.640. The predicted molar refractivity (Wildman–Crippen MR) is 87.6 cm³/mol. The highest BCUT2D eigenvalue weighted by molar-refractivity contribution is 7.98. The lowest BCUT2D eigenvalue weighted by Gasteiger charge is -2.24. The molecule has 0 bridgehead atoms. The lowest BCUT2D eigenvalue weighted by molar-refractivity contribution is -0.384. The number of carbonyl (C=O) groups is 1. The summed E-state index contributed by atoms with van der Waals surface area (Å²) in [5, 5.41) is 13.9. The molecule has 1 amide bonds. The van der Waals surface area contributed by atoms with E-state index in [1.54, 1.807) is 30.8 Å². The average molecular weight is 332 g/mol. The third-order valence-electron chi connectivity index (χ3n) is 3.15. The number of hydrogen-bond acceptors (Lipinski definition) is 5. The van der Waals surface area contributed by atoms with Gasteiger partial charge in [-0.3, -0.25) is 14.9 Å². The molecule has 21 heavy (non-hydrogen) atoms. The molecule has 0 heterocycles. The molecule has 1 atom stereocenters. The fourth-order valence-electron chi connectivity index (χ4n) is 1.86. The summed E-state index contributed by atoms with van der Waals surface area (Å²) in [6, 6.07) is 2.72. The van der Waals surface area contributed by atoms with E-state index < -0.39 is 4.92 Å². The monoisotopic (exact) mass is 331 g/mol. The zero-order valence-electron chi connectivity index (χ0n) is 12.3. The minimum Gasteiger partial charge on any atom is -0.381 e. The first-order chi connectivity index (χ1) is 9.83. The molecule has 6 nitrogen and oxygen atoms in total. The molecule has 1 rings (SSSR count). The molecule has 1 unspecified atom stereocenters. The van der Waals surface area contributed by atoms with Gasteiger partial charge in [0, 0.05) is 37.5 Å². The molecule has 8 heteroatoms. The summed E-state index contributed by atoms with van der Waals surface area (Å²) >= 11 is 7.66. The Morgan fingerprint density at radius 1 is 1.57 bits per heavy atom. The first-order valence-electron chi connectivity index (χ1n) is 6.25. The molecule has 0 saturated carbocycles. The average Bonchev–Trinajstić information content (AvgIpc) is 2.44. The van der Waals surface area contributed by atoms with Gasteiger partial charge < -0.3 is 10.2 Å². The fourth-order valence-corrected chi connectivity index (χ4v) is 2.88. The molecule has 0 aromatic heterocycles. The maximum absolute atomic E-state index is 12.4. The van der Waals surface area contributed by atoms with Crippen LogP contribution in [0.3, 0.4) is 0 Å². The second-order valence-corrected chi connectivity index (χ2v) is 5.90. The first kappa shape index (κ1) is 17.6. The van der Waals surface area contributed by atoms with Crippen molar-refractivity contribution in [1.82, 2.24) is 4.90 Å². The van der Waals surface area contributed by atoms with Crippen LogP contribution in [0.2, 0.25) is 5.02 Å². The smallest absolute Gasteiger partial charge is 0.294 e. The van der Waals surface area contributed by atoms with Crippen LogP contribution in [0.1, 0.15) is 17.3 Å². The van der Waals surface area contributed by atoms with Gasteiger partial charge in [0.2, 0.25) is 0 Å². The van der Waals surface area contributed by atoms with Gasteiger partial charge in [-0.15, -0.1) is 0 Å². The Balaban J connectivity index is 3.19. The maximum atomic E-state index is 12.4. The minimum atomic E-state index is -0.556. The molecule has 0 aliphatic heterocycles. The molecular formula is C13H18ClN3O3S. The summed E-state index contributed by atoms with van der Waals surface area (Å²) in [5.41, 5.74) is 0.207. The number of carbonyl (C=O) groups excluding carboxylic acids is 1. The first-order valence-corrected chi connectivity index (χ1v) is 8.02. The molecule has 0 spiro atoms. The number of thioether (sulfide) groups is 1. The van der Waals surface area contributed by atoms with Gasteiger partial charge in [-0.2, -0.15) is 11.8 Å². The summed E-state index contributed by atoms with van der Waals surface area (Å²) in [6.45, 7) is 1.92. The summed E-state index contributed by atoms with van der Waals surface area (Å²) in [4.78, 5) is 24.5. The summed E-state index contributed by atoms with van der Waals surface area (Å²) in [6.07, 6.45) is 1.96. The number of rotatable bonds is 6. The van der Waals surface area contributed by atoms with Crippen molar-refractivity contribution in [1.29, 1.82) is 0 Å². The molecule has 0 aliphatic carbocycles. The second kappa shape index (κ2) is 7.51. The zero-order valence-corrected chi connectivity index (χ0v) is 13.9. The van der Waals surface area contributed by atoms with E-state index in [0.29, 0.717) is 0 Å². The number of hydrogen-bond donors (Lipinski definition) is 1. The van der Waals surface area contributed by atoms with Gasteiger partial charge in [0.05, 0.1) is 9.95 Å². The SMILES string of the molecule is CNc1c(Cl)cc(C(=O)N(C)C(C)CSC)cc1[N+](=O)[O-]. The van der Waals surface area contributed by atoms with Crippen molar-refractivity contribution < 1.29 is 9.72 Å². The van der Waals surface area contributed by atoms with Crippen molar-refractivity contribution in [2.75, 3.05) is 31.4 Å². The Hall–Kier alpha value is -1.47. The third kappa shape index (κ3) is 4.01. The summed E-state index contributed by atoms with van der Waals surface area (Å²) in [5.74, 6) is 0.497. The number of nitro benzene ring substituents is 1. The normalized spacial score (nSPS) is 11.9. The van der Waals surface area contributed by atoms with Crippen LogP contribution in [0.15, 0.2) is 12.1 Å². The summed E-state index contributed by atoms with van der Waals surface area (Å²) in [7, 11) is 3.22.